The lowest BCUT2D eigenvalue weighted by atomic mass is 10.3. The topological polar surface area (TPSA) is 58.0 Å². The maximum atomic E-state index is 13.2. The molecule has 0 heterocycles. The molecule has 14 heavy (non-hydrogen) atoms. The third-order valence-electron chi connectivity index (χ3n) is 1.43. The number of hydrogen-bond acceptors (Lipinski definition) is 2. The minimum atomic E-state index is -0.602. The summed E-state index contributed by atoms with van der Waals surface area (Å²) in [5, 5.41) is 3.24. The van der Waals surface area contributed by atoms with Gasteiger partial charge in [0.1, 0.15) is 0 Å². The molecule has 0 saturated carbocycles. The van der Waals surface area contributed by atoms with E-state index < -0.39 is 5.82 Å². The maximum Gasteiger partial charge on any atom is 0.183 e. The quantitative estimate of drug-likeness (QED) is 0.329. The molecule has 0 atom stereocenters. The highest BCUT2D eigenvalue weighted by molar-refractivity contribution is 6.30. The Kier molecular flexibility index (Phi) is 4.04. The number of ether oxygens (including phenoxy) is 1. The molecule has 1 rings (SSSR count). The first-order valence-corrected chi connectivity index (χ1v) is 4.21. The van der Waals surface area contributed by atoms with Crippen LogP contribution in [0.15, 0.2) is 23.3 Å². The van der Waals surface area contributed by atoms with Crippen molar-refractivity contribution < 1.29 is 9.13 Å². The van der Waals surface area contributed by atoms with Gasteiger partial charge in [-0.2, -0.15) is 0 Å². The molecule has 0 radical (unpaired) electrons. The minimum absolute atomic E-state index is 0.00582. The van der Waals surface area contributed by atoms with Crippen molar-refractivity contribution in [2.24, 2.45) is 5.11 Å². The number of azide groups is 1. The van der Waals surface area contributed by atoms with Crippen LogP contribution in [0.25, 0.3) is 10.4 Å². The molecule has 0 unspecified atom stereocenters. The molecule has 1 aromatic carbocycles. The predicted octanol–water partition coefficient (Wildman–Crippen LogP) is 3.17. The Morgan fingerprint density at radius 1 is 1.57 bits per heavy atom. The Morgan fingerprint density at radius 2 is 2.36 bits per heavy atom. The Hall–Kier alpha value is -1.45. The van der Waals surface area contributed by atoms with E-state index in [0.29, 0.717) is 0 Å². The van der Waals surface area contributed by atoms with E-state index in [4.69, 9.17) is 21.9 Å². The molecule has 0 aromatic heterocycles. The zero-order valence-corrected chi connectivity index (χ0v) is 7.91. The standard InChI is InChI=1S/C8H7ClFN3O/c9-6-2-1-3-7(8(6)10)14-5-4-12-13-11/h1-3H,4-5H2. The molecular weight excluding hydrogens is 209 g/mol. The highest BCUT2D eigenvalue weighted by Crippen LogP contribution is 2.23. The van der Waals surface area contributed by atoms with Crippen molar-refractivity contribution >= 4 is 11.6 Å². The molecule has 0 bridgehead atoms. The molecule has 0 aliphatic rings. The van der Waals surface area contributed by atoms with Gasteiger partial charge in [0.15, 0.2) is 11.6 Å². The van der Waals surface area contributed by atoms with Crippen LogP contribution in [0.3, 0.4) is 0 Å². The zero-order chi connectivity index (χ0) is 10.4. The van der Waals surface area contributed by atoms with E-state index in [0.717, 1.165) is 0 Å². The number of nitrogens with zero attached hydrogens (tertiary/aromatic N) is 3. The van der Waals surface area contributed by atoms with E-state index in [9.17, 15) is 4.39 Å². The fourth-order valence-electron chi connectivity index (χ4n) is 0.837. The van der Waals surface area contributed by atoms with Gasteiger partial charge in [-0.3, -0.25) is 0 Å². The van der Waals surface area contributed by atoms with Crippen molar-refractivity contribution in [3.05, 3.63) is 39.5 Å². The summed E-state index contributed by atoms with van der Waals surface area (Å²) in [7, 11) is 0. The molecular formula is C8H7ClFN3O. The molecule has 6 heteroatoms. The summed E-state index contributed by atoms with van der Waals surface area (Å²) in [6.07, 6.45) is 0. The molecule has 74 valence electrons. The highest BCUT2D eigenvalue weighted by atomic mass is 35.5. The summed E-state index contributed by atoms with van der Waals surface area (Å²) in [6, 6.07) is 4.46. The fraction of sp³-hybridized carbons (Fsp3) is 0.250. The SMILES string of the molecule is [N-]=[N+]=NCCOc1cccc(Cl)c1F. The van der Waals surface area contributed by atoms with Crippen molar-refractivity contribution in [3.63, 3.8) is 0 Å². The number of rotatable bonds is 4. The average Bonchev–Trinajstić information content (AvgIpc) is 2.19. The van der Waals surface area contributed by atoms with Gasteiger partial charge in [0.25, 0.3) is 0 Å². The maximum absolute atomic E-state index is 13.2. The summed E-state index contributed by atoms with van der Waals surface area (Å²) in [5.41, 5.74) is 7.97. The summed E-state index contributed by atoms with van der Waals surface area (Å²) in [5.74, 6) is -0.541. The Labute approximate surface area is 84.9 Å². The van der Waals surface area contributed by atoms with Crippen LogP contribution in [0.5, 0.6) is 5.75 Å². The van der Waals surface area contributed by atoms with Crippen LogP contribution in [0.4, 0.5) is 4.39 Å². The third kappa shape index (κ3) is 2.80. The van der Waals surface area contributed by atoms with Crippen LogP contribution in [-0.4, -0.2) is 13.2 Å². The predicted molar refractivity (Wildman–Crippen MR) is 50.9 cm³/mol. The van der Waals surface area contributed by atoms with Crippen molar-refractivity contribution in [1.29, 1.82) is 0 Å². The Bertz CT molecular complexity index is 366. The van der Waals surface area contributed by atoms with Gasteiger partial charge < -0.3 is 4.74 Å². The van der Waals surface area contributed by atoms with Crippen LogP contribution in [0.2, 0.25) is 5.02 Å². The molecule has 4 nitrogen and oxygen atoms in total. The largest absolute Gasteiger partial charge is 0.490 e. The number of hydrogen-bond donors (Lipinski definition) is 0. The van der Waals surface area contributed by atoms with Gasteiger partial charge in [0, 0.05) is 4.91 Å². The van der Waals surface area contributed by atoms with Gasteiger partial charge in [-0.15, -0.1) is 0 Å². The second-order valence-corrected chi connectivity index (χ2v) is 2.76. The number of halogens is 2. The van der Waals surface area contributed by atoms with Crippen LogP contribution >= 0.6 is 11.6 Å². The summed E-state index contributed by atoms with van der Waals surface area (Å²) >= 11 is 5.52. The molecule has 0 fully saturated rings. The Morgan fingerprint density at radius 3 is 3.07 bits per heavy atom. The van der Waals surface area contributed by atoms with E-state index in [1.54, 1.807) is 6.07 Å². The van der Waals surface area contributed by atoms with Gasteiger partial charge in [0.2, 0.25) is 0 Å². The first kappa shape index (κ1) is 10.6. The third-order valence-corrected chi connectivity index (χ3v) is 1.72. The first-order valence-electron chi connectivity index (χ1n) is 3.83. The van der Waals surface area contributed by atoms with Gasteiger partial charge in [-0.1, -0.05) is 22.8 Å². The second-order valence-electron chi connectivity index (χ2n) is 2.35. The van der Waals surface area contributed by atoms with E-state index in [-0.39, 0.29) is 23.9 Å². The van der Waals surface area contributed by atoms with E-state index in [1.165, 1.54) is 12.1 Å². The second kappa shape index (κ2) is 5.32. The summed E-state index contributed by atoms with van der Waals surface area (Å²) in [6.45, 7) is 0.282. The van der Waals surface area contributed by atoms with E-state index in [1.807, 2.05) is 0 Å². The molecule has 0 spiro atoms. The van der Waals surface area contributed by atoms with Crippen molar-refractivity contribution in [2.45, 2.75) is 0 Å². The molecule has 1 aromatic rings. The van der Waals surface area contributed by atoms with Gasteiger partial charge in [-0.05, 0) is 17.7 Å². The average molecular weight is 216 g/mol. The van der Waals surface area contributed by atoms with Crippen molar-refractivity contribution in [3.8, 4) is 5.75 Å². The van der Waals surface area contributed by atoms with E-state index in [2.05, 4.69) is 10.0 Å². The minimum Gasteiger partial charge on any atom is -0.490 e. The van der Waals surface area contributed by atoms with Gasteiger partial charge >= 0.3 is 0 Å². The zero-order valence-electron chi connectivity index (χ0n) is 7.15. The monoisotopic (exact) mass is 215 g/mol. The van der Waals surface area contributed by atoms with Crippen LogP contribution in [0.1, 0.15) is 0 Å². The fourth-order valence-corrected chi connectivity index (χ4v) is 1.00. The lowest BCUT2D eigenvalue weighted by Crippen LogP contribution is -2.01. The Balaban J connectivity index is 2.58. The smallest absolute Gasteiger partial charge is 0.183 e. The summed E-state index contributed by atoms with van der Waals surface area (Å²) < 4.78 is 18.1. The summed E-state index contributed by atoms with van der Waals surface area (Å²) in [4.78, 5) is 2.53. The van der Waals surface area contributed by atoms with Crippen molar-refractivity contribution in [2.75, 3.05) is 13.2 Å². The normalized spacial score (nSPS) is 9.29. The highest BCUT2D eigenvalue weighted by Gasteiger charge is 2.05. The number of benzene rings is 1. The van der Waals surface area contributed by atoms with Crippen molar-refractivity contribution in [1.82, 2.24) is 0 Å². The lowest BCUT2D eigenvalue weighted by Gasteiger charge is -2.05. The first-order chi connectivity index (χ1) is 6.75. The molecule has 0 amide bonds. The van der Waals surface area contributed by atoms with Crippen LogP contribution in [0, 0.1) is 5.82 Å². The molecule has 0 saturated heterocycles. The molecule has 0 aliphatic heterocycles. The van der Waals surface area contributed by atoms with Gasteiger partial charge in [0.05, 0.1) is 18.2 Å². The van der Waals surface area contributed by atoms with Gasteiger partial charge in [-0.25, -0.2) is 4.39 Å². The lowest BCUT2D eigenvalue weighted by molar-refractivity contribution is 0.311. The van der Waals surface area contributed by atoms with Crippen LogP contribution < -0.4 is 4.74 Å². The van der Waals surface area contributed by atoms with Crippen LogP contribution in [-0.2, 0) is 0 Å². The molecule has 0 aliphatic carbocycles. The molecule has 0 N–H and O–H groups in total. The van der Waals surface area contributed by atoms with E-state index >= 15 is 0 Å².